The maximum atomic E-state index is 12.4. The number of benzene rings is 2. The molecule has 3 aromatic rings. The predicted octanol–water partition coefficient (Wildman–Crippen LogP) is 2.81. The molecule has 0 atom stereocenters. The van der Waals surface area contributed by atoms with Crippen molar-refractivity contribution in [3.05, 3.63) is 59.1 Å². The van der Waals surface area contributed by atoms with Crippen LogP contribution in [0.15, 0.2) is 52.9 Å². The third-order valence-electron chi connectivity index (χ3n) is 3.68. The van der Waals surface area contributed by atoms with E-state index in [2.05, 4.69) is 20.2 Å². The summed E-state index contributed by atoms with van der Waals surface area (Å²) in [6.07, 6.45) is 0. The van der Waals surface area contributed by atoms with Crippen LogP contribution >= 0.6 is 22.9 Å². The predicted molar refractivity (Wildman–Crippen MR) is 113 cm³/mol. The van der Waals surface area contributed by atoms with Gasteiger partial charge in [0.1, 0.15) is 18.1 Å². The number of hydrogen-bond acceptors (Lipinski definition) is 8. The van der Waals surface area contributed by atoms with Crippen LogP contribution < -0.4 is 19.5 Å². The fraction of sp³-hybridized carbons (Fsp3) is 0.167. The molecule has 0 spiro atoms. The summed E-state index contributed by atoms with van der Waals surface area (Å²) in [4.78, 5) is 12.2. The number of carbonyl (C=O) groups is 1. The van der Waals surface area contributed by atoms with Crippen LogP contribution in [0.1, 0.15) is 10.4 Å². The largest absolute Gasteiger partial charge is 0.497 e. The van der Waals surface area contributed by atoms with Crippen LogP contribution in [0.4, 0.5) is 5.13 Å². The zero-order chi connectivity index (χ0) is 21.6. The number of hydrogen-bond donors (Lipinski definition) is 2. The molecule has 0 aliphatic carbocycles. The topological polar surface area (TPSA) is 120 Å². The van der Waals surface area contributed by atoms with Gasteiger partial charge >= 0.3 is 0 Å². The van der Waals surface area contributed by atoms with Gasteiger partial charge in [-0.3, -0.25) is 10.1 Å². The van der Waals surface area contributed by atoms with Gasteiger partial charge in [-0.05, 0) is 24.3 Å². The number of anilines is 1. The Hall–Kier alpha value is -2.73. The standard InChI is InChI=1S/C18H17ClN4O5S2/c1-27-12-5-4-6-13(11-12)28-10-9-20-30(25,26)18-23-22-17(29-18)21-16(24)14-7-2-3-8-15(14)19/h2-8,11,20H,9-10H2,1H3,(H,21,22,24). The Morgan fingerprint density at radius 3 is 2.67 bits per heavy atom. The number of nitrogens with zero attached hydrogens (tertiary/aromatic N) is 2. The monoisotopic (exact) mass is 468 g/mol. The summed E-state index contributed by atoms with van der Waals surface area (Å²) >= 11 is 6.70. The number of amides is 1. The lowest BCUT2D eigenvalue weighted by molar-refractivity contribution is 0.102. The Morgan fingerprint density at radius 2 is 1.90 bits per heavy atom. The molecule has 1 heterocycles. The van der Waals surface area contributed by atoms with Crippen molar-refractivity contribution in [2.75, 3.05) is 25.6 Å². The zero-order valence-corrected chi connectivity index (χ0v) is 18.1. The van der Waals surface area contributed by atoms with Crippen molar-refractivity contribution in [2.45, 2.75) is 4.34 Å². The van der Waals surface area contributed by atoms with Gasteiger partial charge in [-0.1, -0.05) is 41.1 Å². The van der Waals surface area contributed by atoms with Crippen LogP contribution in [-0.4, -0.2) is 44.8 Å². The second kappa shape index (κ2) is 9.85. The van der Waals surface area contributed by atoms with Crippen LogP contribution in [-0.2, 0) is 10.0 Å². The van der Waals surface area contributed by atoms with Gasteiger partial charge in [0.15, 0.2) is 0 Å². The molecule has 0 aliphatic heterocycles. The summed E-state index contributed by atoms with van der Waals surface area (Å²) in [5, 5.41) is 10.1. The van der Waals surface area contributed by atoms with Gasteiger partial charge in [0.2, 0.25) is 9.47 Å². The molecule has 0 saturated heterocycles. The molecule has 30 heavy (non-hydrogen) atoms. The SMILES string of the molecule is COc1cccc(OCCNS(=O)(=O)c2nnc(NC(=O)c3ccccc3Cl)s2)c1. The summed E-state index contributed by atoms with van der Waals surface area (Å²) in [5.41, 5.74) is 0.242. The average molecular weight is 469 g/mol. The molecule has 158 valence electrons. The van der Waals surface area contributed by atoms with Crippen molar-refractivity contribution in [1.29, 1.82) is 0 Å². The minimum atomic E-state index is -3.90. The maximum absolute atomic E-state index is 12.4. The minimum absolute atomic E-state index is 0.0143. The first-order valence-corrected chi connectivity index (χ1v) is 11.2. The summed E-state index contributed by atoms with van der Waals surface area (Å²) in [5.74, 6) is 0.669. The average Bonchev–Trinajstić information content (AvgIpc) is 3.21. The van der Waals surface area contributed by atoms with E-state index in [1.807, 2.05) is 0 Å². The Labute approximate surface area is 182 Å². The lowest BCUT2D eigenvalue weighted by atomic mass is 10.2. The highest BCUT2D eigenvalue weighted by molar-refractivity contribution is 7.91. The highest BCUT2D eigenvalue weighted by atomic mass is 35.5. The highest BCUT2D eigenvalue weighted by Crippen LogP contribution is 2.22. The van der Waals surface area contributed by atoms with E-state index in [0.29, 0.717) is 11.5 Å². The summed E-state index contributed by atoms with van der Waals surface area (Å²) in [6.45, 7) is 0.113. The molecule has 0 radical (unpaired) electrons. The zero-order valence-electron chi connectivity index (χ0n) is 15.7. The van der Waals surface area contributed by atoms with E-state index < -0.39 is 15.9 Å². The third-order valence-corrected chi connectivity index (χ3v) is 6.68. The van der Waals surface area contributed by atoms with Gasteiger partial charge in [0, 0.05) is 12.6 Å². The molecule has 2 N–H and O–H groups in total. The van der Waals surface area contributed by atoms with Gasteiger partial charge in [-0.15, -0.1) is 10.2 Å². The van der Waals surface area contributed by atoms with Crippen LogP contribution in [0.5, 0.6) is 11.5 Å². The van der Waals surface area contributed by atoms with Crippen LogP contribution in [0.2, 0.25) is 5.02 Å². The second-order valence-corrected chi connectivity index (χ2v) is 9.06. The van der Waals surface area contributed by atoms with Gasteiger partial charge in [-0.2, -0.15) is 0 Å². The maximum Gasteiger partial charge on any atom is 0.269 e. The number of rotatable bonds is 9. The number of nitrogens with one attached hydrogen (secondary N) is 2. The van der Waals surface area contributed by atoms with E-state index in [9.17, 15) is 13.2 Å². The van der Waals surface area contributed by atoms with Gasteiger partial charge in [0.05, 0.1) is 17.7 Å². The molecule has 3 rings (SSSR count). The number of methoxy groups -OCH3 is 1. The van der Waals surface area contributed by atoms with E-state index in [1.54, 1.807) is 55.6 Å². The normalized spacial score (nSPS) is 11.1. The van der Waals surface area contributed by atoms with Crippen molar-refractivity contribution >= 4 is 44.0 Å². The minimum Gasteiger partial charge on any atom is -0.497 e. The van der Waals surface area contributed by atoms with E-state index in [1.165, 1.54) is 0 Å². The molecule has 2 aromatic carbocycles. The molecule has 12 heteroatoms. The first-order valence-electron chi connectivity index (χ1n) is 8.55. The lowest BCUT2D eigenvalue weighted by Gasteiger charge is -2.08. The first kappa shape index (κ1) is 22.0. The number of ether oxygens (including phenoxy) is 2. The number of sulfonamides is 1. The quantitative estimate of drug-likeness (QED) is 0.366. The second-order valence-electron chi connectivity index (χ2n) is 5.73. The molecule has 0 bridgehead atoms. The third kappa shape index (κ3) is 5.66. The summed E-state index contributed by atoms with van der Waals surface area (Å²) in [6, 6.07) is 13.4. The van der Waals surface area contributed by atoms with Crippen molar-refractivity contribution in [3.63, 3.8) is 0 Å². The van der Waals surface area contributed by atoms with Crippen LogP contribution in [0.25, 0.3) is 0 Å². The molecule has 0 saturated carbocycles. The molecule has 0 aliphatic rings. The molecule has 0 unspecified atom stereocenters. The van der Waals surface area contributed by atoms with E-state index >= 15 is 0 Å². The Bertz CT molecular complexity index is 1140. The Balaban J connectivity index is 1.54. The van der Waals surface area contributed by atoms with Crippen molar-refractivity contribution in [1.82, 2.24) is 14.9 Å². The lowest BCUT2D eigenvalue weighted by Crippen LogP contribution is -2.28. The van der Waals surface area contributed by atoms with Gasteiger partial charge < -0.3 is 9.47 Å². The first-order chi connectivity index (χ1) is 14.4. The van der Waals surface area contributed by atoms with Gasteiger partial charge in [-0.25, -0.2) is 13.1 Å². The van der Waals surface area contributed by atoms with Crippen molar-refractivity contribution < 1.29 is 22.7 Å². The highest BCUT2D eigenvalue weighted by Gasteiger charge is 2.21. The molecule has 1 aromatic heterocycles. The smallest absolute Gasteiger partial charge is 0.269 e. The Kier molecular flexibility index (Phi) is 7.21. The van der Waals surface area contributed by atoms with Gasteiger partial charge in [0.25, 0.3) is 15.9 Å². The number of halogens is 1. The van der Waals surface area contributed by atoms with E-state index in [-0.39, 0.29) is 33.2 Å². The van der Waals surface area contributed by atoms with Crippen LogP contribution in [0.3, 0.4) is 0 Å². The molecule has 1 amide bonds. The van der Waals surface area contributed by atoms with E-state index in [4.69, 9.17) is 21.1 Å². The number of aromatic nitrogens is 2. The molecular weight excluding hydrogens is 452 g/mol. The van der Waals surface area contributed by atoms with Crippen molar-refractivity contribution in [3.8, 4) is 11.5 Å². The van der Waals surface area contributed by atoms with E-state index in [0.717, 1.165) is 11.3 Å². The fourth-order valence-corrected chi connectivity index (χ4v) is 4.45. The summed E-state index contributed by atoms with van der Waals surface area (Å²) in [7, 11) is -2.36. The fourth-order valence-electron chi connectivity index (χ4n) is 2.28. The van der Waals surface area contributed by atoms with Crippen LogP contribution in [0, 0.1) is 0 Å². The molecule has 9 nitrogen and oxygen atoms in total. The van der Waals surface area contributed by atoms with Crippen molar-refractivity contribution in [2.24, 2.45) is 0 Å². The molecular formula is C18H17ClN4O5S2. The molecule has 0 fully saturated rings. The Morgan fingerprint density at radius 1 is 1.13 bits per heavy atom. The summed E-state index contributed by atoms with van der Waals surface area (Å²) < 4.78 is 37.4. The number of carbonyl (C=O) groups excluding carboxylic acids is 1.